The number of amides is 1. The second-order valence-corrected chi connectivity index (χ2v) is 10.9. The highest BCUT2D eigenvalue weighted by molar-refractivity contribution is 6.54. The van der Waals surface area contributed by atoms with Gasteiger partial charge in [-0.05, 0) is 54.1 Å². The largest absolute Gasteiger partial charge is 0.384 e. The Morgan fingerprint density at radius 2 is 1.68 bits per heavy atom. The molecule has 1 aliphatic carbocycles. The van der Waals surface area contributed by atoms with E-state index in [1.807, 2.05) is 0 Å². The lowest BCUT2D eigenvalue weighted by atomic mass is 10.00. The molecular formula is C23H15Cl6N3O2. The van der Waals surface area contributed by atoms with Crippen LogP contribution in [-0.4, -0.2) is 28.1 Å². The first-order valence-corrected chi connectivity index (χ1v) is 12.1. The van der Waals surface area contributed by atoms with E-state index in [2.05, 4.69) is 15.6 Å². The summed E-state index contributed by atoms with van der Waals surface area (Å²) in [7, 11) is 0. The Bertz CT molecular complexity index is 1250. The lowest BCUT2D eigenvalue weighted by Crippen LogP contribution is -2.23. The van der Waals surface area contributed by atoms with Crippen molar-refractivity contribution in [2.75, 3.05) is 17.2 Å². The number of rotatable bonds is 7. The van der Waals surface area contributed by atoms with E-state index in [9.17, 15) is 9.59 Å². The van der Waals surface area contributed by atoms with Crippen molar-refractivity contribution in [3.63, 3.8) is 0 Å². The average Bonchev–Trinajstić information content (AvgIpc) is 3.28. The van der Waals surface area contributed by atoms with Gasteiger partial charge < -0.3 is 15.4 Å². The standard InChI is InChI=1S/C23H15Cl6N3O2/c24-13-1-4-19(30-9-13)32-21(34)17-8-16(2-3-18(17)27)31-10-22(11-33)20(23(22,28)29)12-5-14(25)7-15(26)6-12/h1-9,11,20,31H,10H2,(H,30,32,34). The Balaban J connectivity index is 1.53. The van der Waals surface area contributed by atoms with E-state index in [-0.39, 0.29) is 17.1 Å². The number of benzene rings is 2. The summed E-state index contributed by atoms with van der Waals surface area (Å²) in [6.45, 7) is 0.0970. The molecule has 1 aromatic heterocycles. The second kappa shape index (κ2) is 9.73. The molecule has 1 aliphatic rings. The number of nitrogens with zero attached hydrogens (tertiary/aromatic N) is 1. The molecule has 0 aliphatic heterocycles. The van der Waals surface area contributed by atoms with Crippen LogP contribution in [-0.2, 0) is 4.79 Å². The number of anilines is 2. The lowest BCUT2D eigenvalue weighted by Gasteiger charge is -2.15. The maximum absolute atomic E-state index is 12.7. The Labute approximate surface area is 225 Å². The summed E-state index contributed by atoms with van der Waals surface area (Å²) in [5.41, 5.74) is 0.265. The van der Waals surface area contributed by atoms with E-state index < -0.39 is 21.6 Å². The third-order valence-corrected chi connectivity index (χ3v) is 7.74. The molecule has 0 bridgehead atoms. The molecule has 34 heavy (non-hydrogen) atoms. The van der Waals surface area contributed by atoms with E-state index in [1.54, 1.807) is 48.5 Å². The Kier molecular flexibility index (Phi) is 7.26. The third kappa shape index (κ3) is 4.83. The van der Waals surface area contributed by atoms with Gasteiger partial charge in [0.25, 0.3) is 5.91 Å². The minimum Gasteiger partial charge on any atom is -0.384 e. The Morgan fingerprint density at radius 1 is 0.971 bits per heavy atom. The van der Waals surface area contributed by atoms with Gasteiger partial charge in [0.05, 0.1) is 21.0 Å². The maximum atomic E-state index is 12.7. The zero-order valence-corrected chi connectivity index (χ0v) is 21.6. The van der Waals surface area contributed by atoms with Gasteiger partial charge in [0.2, 0.25) is 0 Å². The minimum absolute atomic E-state index is 0.0970. The molecule has 2 unspecified atom stereocenters. The van der Waals surface area contributed by atoms with Crippen LogP contribution in [0.4, 0.5) is 11.5 Å². The number of halogens is 6. The van der Waals surface area contributed by atoms with Crippen LogP contribution in [0.5, 0.6) is 0 Å². The van der Waals surface area contributed by atoms with Crippen molar-refractivity contribution in [3.05, 3.63) is 85.9 Å². The number of carbonyl (C=O) groups is 2. The number of alkyl halides is 2. The van der Waals surface area contributed by atoms with Crippen LogP contribution in [0.3, 0.4) is 0 Å². The van der Waals surface area contributed by atoms with Gasteiger partial charge in [-0.1, -0.05) is 69.6 Å². The van der Waals surface area contributed by atoms with Crippen LogP contribution in [0.15, 0.2) is 54.7 Å². The molecule has 176 valence electrons. The highest BCUT2D eigenvalue weighted by Gasteiger charge is 2.76. The molecule has 1 fully saturated rings. The van der Waals surface area contributed by atoms with E-state index in [1.165, 1.54) is 6.20 Å². The normalized spacial score (nSPS) is 20.5. The number of hydrogen-bond acceptors (Lipinski definition) is 4. The molecule has 0 radical (unpaired) electrons. The van der Waals surface area contributed by atoms with Gasteiger partial charge in [0.15, 0.2) is 0 Å². The van der Waals surface area contributed by atoms with Crippen molar-refractivity contribution in [1.82, 2.24) is 4.98 Å². The molecule has 1 heterocycles. The van der Waals surface area contributed by atoms with E-state index in [0.29, 0.717) is 32.1 Å². The molecule has 3 aromatic rings. The molecule has 11 heteroatoms. The van der Waals surface area contributed by atoms with Crippen molar-refractivity contribution >= 4 is 93.3 Å². The highest BCUT2D eigenvalue weighted by atomic mass is 35.5. The molecule has 1 amide bonds. The first-order chi connectivity index (χ1) is 16.1. The van der Waals surface area contributed by atoms with Gasteiger partial charge in [-0.3, -0.25) is 4.79 Å². The topological polar surface area (TPSA) is 71.1 Å². The summed E-state index contributed by atoms with van der Waals surface area (Å²) in [6, 6.07) is 12.9. The minimum atomic E-state index is -1.37. The lowest BCUT2D eigenvalue weighted by molar-refractivity contribution is -0.112. The third-order valence-electron chi connectivity index (χ3n) is 5.61. The number of hydrogen-bond donors (Lipinski definition) is 2. The zero-order chi connectivity index (χ0) is 24.7. The summed E-state index contributed by atoms with van der Waals surface area (Å²) in [5.74, 6) is -0.676. The van der Waals surface area contributed by atoms with Crippen LogP contribution in [0.2, 0.25) is 20.1 Å². The SMILES string of the molecule is O=CC1(CNc2ccc(Cl)c(C(=O)Nc3ccc(Cl)cn3)c2)C(c2cc(Cl)cc(Cl)c2)C1(Cl)Cl. The van der Waals surface area contributed by atoms with Crippen molar-refractivity contribution < 1.29 is 9.59 Å². The molecule has 1 saturated carbocycles. The fraction of sp³-hybridized carbons (Fsp3) is 0.174. The quantitative estimate of drug-likeness (QED) is 0.225. The van der Waals surface area contributed by atoms with Crippen molar-refractivity contribution in [3.8, 4) is 0 Å². The maximum Gasteiger partial charge on any atom is 0.258 e. The van der Waals surface area contributed by atoms with Crippen LogP contribution in [0.25, 0.3) is 0 Å². The summed E-state index contributed by atoms with van der Waals surface area (Å²) >= 11 is 37.4. The first kappa shape index (κ1) is 25.4. The smallest absolute Gasteiger partial charge is 0.258 e. The van der Waals surface area contributed by atoms with Crippen molar-refractivity contribution in [1.29, 1.82) is 0 Å². The molecule has 4 rings (SSSR count). The summed E-state index contributed by atoms with van der Waals surface area (Å²) in [4.78, 5) is 28.9. The van der Waals surface area contributed by atoms with Gasteiger partial charge in [-0.2, -0.15) is 0 Å². The van der Waals surface area contributed by atoms with E-state index >= 15 is 0 Å². The van der Waals surface area contributed by atoms with E-state index in [4.69, 9.17) is 69.6 Å². The van der Waals surface area contributed by atoms with Crippen molar-refractivity contribution in [2.45, 2.75) is 10.3 Å². The van der Waals surface area contributed by atoms with Gasteiger partial charge in [-0.15, -0.1) is 0 Å². The predicted octanol–water partition coefficient (Wildman–Crippen LogP) is 7.52. The Morgan fingerprint density at radius 3 is 2.29 bits per heavy atom. The average molecular weight is 578 g/mol. The molecule has 2 atom stereocenters. The fourth-order valence-electron chi connectivity index (χ4n) is 3.82. The second-order valence-electron chi connectivity index (χ2n) is 7.78. The van der Waals surface area contributed by atoms with E-state index in [0.717, 1.165) is 6.29 Å². The van der Waals surface area contributed by atoms with Crippen LogP contribution >= 0.6 is 69.6 Å². The van der Waals surface area contributed by atoms with Gasteiger partial charge in [0.1, 0.15) is 16.4 Å². The van der Waals surface area contributed by atoms with Gasteiger partial charge in [0, 0.05) is 34.4 Å². The predicted molar refractivity (Wildman–Crippen MR) is 139 cm³/mol. The molecule has 2 N–H and O–H groups in total. The summed E-state index contributed by atoms with van der Waals surface area (Å²) in [6.07, 6.45) is 2.15. The first-order valence-electron chi connectivity index (χ1n) is 9.84. The van der Waals surface area contributed by atoms with Gasteiger partial charge in [-0.25, -0.2) is 4.98 Å². The van der Waals surface area contributed by atoms with Crippen LogP contribution in [0, 0.1) is 5.41 Å². The van der Waals surface area contributed by atoms with Gasteiger partial charge >= 0.3 is 0 Å². The molecule has 0 spiro atoms. The number of aldehydes is 1. The number of carbonyl (C=O) groups excluding carboxylic acids is 2. The zero-order valence-electron chi connectivity index (χ0n) is 17.1. The molecular weight excluding hydrogens is 563 g/mol. The number of pyridine rings is 1. The summed E-state index contributed by atoms with van der Waals surface area (Å²) < 4.78 is -1.37. The molecule has 0 saturated heterocycles. The van der Waals surface area contributed by atoms with Crippen molar-refractivity contribution in [2.24, 2.45) is 5.41 Å². The Hall–Kier alpha value is -1.73. The molecule has 5 nitrogen and oxygen atoms in total. The number of nitrogens with one attached hydrogen (secondary N) is 2. The highest BCUT2D eigenvalue weighted by Crippen LogP contribution is 2.73. The van der Waals surface area contributed by atoms with Crippen LogP contribution in [0.1, 0.15) is 21.8 Å². The monoisotopic (exact) mass is 575 g/mol. The molecule has 2 aromatic carbocycles. The number of aromatic nitrogens is 1. The summed E-state index contributed by atoms with van der Waals surface area (Å²) in [5, 5.41) is 7.30. The van der Waals surface area contributed by atoms with Crippen LogP contribution < -0.4 is 10.6 Å². The fourth-order valence-corrected chi connectivity index (χ4v) is 5.66.